The minimum Gasteiger partial charge on any atom is -0.398 e. The first-order chi connectivity index (χ1) is 9.02. The predicted octanol–water partition coefficient (Wildman–Crippen LogP) is 2.51. The van der Waals surface area contributed by atoms with Crippen LogP contribution in [0, 0.1) is 11.6 Å². The fourth-order valence-corrected chi connectivity index (χ4v) is 3.25. The minimum absolute atomic E-state index is 0.0184. The topological polar surface area (TPSA) is 46.3 Å². The smallest absolute Gasteiger partial charge is 0.256 e. The van der Waals surface area contributed by atoms with Crippen molar-refractivity contribution in [3.8, 4) is 0 Å². The van der Waals surface area contributed by atoms with Gasteiger partial charge in [-0.25, -0.2) is 8.78 Å². The number of thioether (sulfide) groups is 1. The lowest BCUT2D eigenvalue weighted by Gasteiger charge is -2.32. The van der Waals surface area contributed by atoms with Crippen LogP contribution in [0.3, 0.4) is 0 Å². The lowest BCUT2D eigenvalue weighted by Crippen LogP contribution is -2.42. The Morgan fingerprint density at radius 3 is 2.84 bits per heavy atom. The lowest BCUT2D eigenvalue weighted by atomic mass is 10.1. The van der Waals surface area contributed by atoms with Crippen LogP contribution in [0.25, 0.3) is 0 Å². The maximum absolute atomic E-state index is 13.2. The summed E-state index contributed by atoms with van der Waals surface area (Å²) in [6.45, 7) is 3.30. The first-order valence-electron chi connectivity index (χ1n) is 6.18. The van der Waals surface area contributed by atoms with Crippen LogP contribution in [0.5, 0.6) is 0 Å². The molecule has 104 valence electrons. The molecule has 3 nitrogen and oxygen atoms in total. The number of nitrogen functional groups attached to an aromatic ring is 1. The van der Waals surface area contributed by atoms with Gasteiger partial charge in [0.05, 0.1) is 5.56 Å². The van der Waals surface area contributed by atoms with E-state index in [2.05, 4.69) is 6.92 Å². The largest absolute Gasteiger partial charge is 0.398 e. The Morgan fingerprint density at radius 2 is 2.16 bits per heavy atom. The molecule has 0 spiro atoms. The number of rotatable bonds is 2. The Bertz CT molecular complexity index is 496. The van der Waals surface area contributed by atoms with Gasteiger partial charge in [0.25, 0.3) is 5.91 Å². The zero-order valence-corrected chi connectivity index (χ0v) is 11.5. The first-order valence-corrected chi connectivity index (χ1v) is 7.23. The molecule has 1 amide bonds. The van der Waals surface area contributed by atoms with Crippen molar-refractivity contribution in [3.63, 3.8) is 0 Å². The van der Waals surface area contributed by atoms with Crippen molar-refractivity contribution >= 4 is 23.4 Å². The maximum atomic E-state index is 13.2. The highest BCUT2D eigenvalue weighted by atomic mass is 32.2. The minimum atomic E-state index is -1.05. The van der Waals surface area contributed by atoms with E-state index in [1.165, 1.54) is 0 Å². The van der Waals surface area contributed by atoms with E-state index in [1.54, 1.807) is 4.90 Å². The van der Waals surface area contributed by atoms with Crippen LogP contribution < -0.4 is 5.73 Å². The van der Waals surface area contributed by atoms with Gasteiger partial charge < -0.3 is 10.6 Å². The third-order valence-corrected chi connectivity index (χ3v) is 4.58. The summed E-state index contributed by atoms with van der Waals surface area (Å²) in [4.78, 5) is 14.0. The summed E-state index contributed by atoms with van der Waals surface area (Å²) >= 11 is 1.83. The number of halogens is 2. The Hall–Kier alpha value is -1.30. The molecule has 1 aromatic rings. The molecule has 1 saturated heterocycles. The van der Waals surface area contributed by atoms with Gasteiger partial charge in [0.2, 0.25) is 0 Å². The van der Waals surface area contributed by atoms with Crippen molar-refractivity contribution < 1.29 is 13.6 Å². The summed E-state index contributed by atoms with van der Waals surface area (Å²) in [6, 6.07) is 1.74. The van der Waals surface area contributed by atoms with Crippen LogP contribution in [0.1, 0.15) is 23.7 Å². The molecule has 1 aromatic carbocycles. The normalized spacial score (nSPS) is 19.5. The maximum Gasteiger partial charge on any atom is 0.256 e. The fraction of sp³-hybridized carbons (Fsp3) is 0.462. The number of nitrogens with zero attached hydrogens (tertiary/aromatic N) is 1. The molecule has 0 radical (unpaired) electrons. The van der Waals surface area contributed by atoms with Gasteiger partial charge >= 0.3 is 0 Å². The number of hydrogen-bond donors (Lipinski definition) is 1. The molecule has 2 N–H and O–H groups in total. The third-order valence-electron chi connectivity index (χ3n) is 3.20. The monoisotopic (exact) mass is 286 g/mol. The van der Waals surface area contributed by atoms with Crippen LogP contribution in [0.2, 0.25) is 0 Å². The average molecular weight is 286 g/mol. The van der Waals surface area contributed by atoms with E-state index >= 15 is 0 Å². The number of anilines is 1. The Balaban J connectivity index is 2.22. The summed E-state index contributed by atoms with van der Waals surface area (Å²) < 4.78 is 26.2. The van der Waals surface area contributed by atoms with Crippen LogP contribution in [0.4, 0.5) is 14.5 Å². The number of hydrogen-bond acceptors (Lipinski definition) is 3. The van der Waals surface area contributed by atoms with Crippen LogP contribution in [-0.4, -0.2) is 34.9 Å². The SMILES string of the molecule is CCC1CN(C(=O)c2cc(F)c(F)cc2N)CCS1. The van der Waals surface area contributed by atoms with E-state index in [-0.39, 0.29) is 17.2 Å². The molecular weight excluding hydrogens is 270 g/mol. The van der Waals surface area contributed by atoms with Crippen LogP contribution in [0.15, 0.2) is 12.1 Å². The molecule has 0 bridgehead atoms. The third kappa shape index (κ3) is 3.00. The number of benzene rings is 1. The van der Waals surface area contributed by atoms with Crippen molar-refractivity contribution in [2.75, 3.05) is 24.6 Å². The average Bonchev–Trinajstić information content (AvgIpc) is 2.42. The molecule has 0 saturated carbocycles. The number of carbonyl (C=O) groups excluding carboxylic acids is 1. The summed E-state index contributed by atoms with van der Waals surface area (Å²) in [5.41, 5.74) is 5.63. The van der Waals surface area contributed by atoms with Gasteiger partial charge in [-0.15, -0.1) is 0 Å². The zero-order valence-electron chi connectivity index (χ0n) is 10.7. The number of carbonyl (C=O) groups is 1. The van der Waals surface area contributed by atoms with Crippen LogP contribution in [-0.2, 0) is 0 Å². The molecule has 6 heteroatoms. The summed E-state index contributed by atoms with van der Waals surface area (Å²) in [5.74, 6) is -1.55. The number of amides is 1. The molecule has 1 aliphatic rings. The van der Waals surface area contributed by atoms with Gasteiger partial charge in [0.15, 0.2) is 11.6 Å². The molecular formula is C13H16F2N2OS. The quantitative estimate of drug-likeness (QED) is 0.850. The second-order valence-corrected chi connectivity index (χ2v) is 5.91. The van der Waals surface area contributed by atoms with Crippen molar-refractivity contribution in [2.45, 2.75) is 18.6 Å². The fourth-order valence-electron chi connectivity index (χ4n) is 2.07. The molecule has 0 aliphatic carbocycles. The zero-order chi connectivity index (χ0) is 14.0. The van der Waals surface area contributed by atoms with Gasteiger partial charge in [-0.05, 0) is 12.5 Å². The van der Waals surface area contributed by atoms with Gasteiger partial charge in [-0.3, -0.25) is 4.79 Å². The number of nitrogens with two attached hydrogens (primary N) is 1. The first kappa shape index (κ1) is 14.1. The van der Waals surface area contributed by atoms with Crippen molar-refractivity contribution in [1.82, 2.24) is 4.90 Å². The highest BCUT2D eigenvalue weighted by Gasteiger charge is 2.25. The van der Waals surface area contributed by atoms with Crippen molar-refractivity contribution in [2.24, 2.45) is 0 Å². The van der Waals surface area contributed by atoms with E-state index < -0.39 is 11.6 Å². The lowest BCUT2D eigenvalue weighted by molar-refractivity contribution is 0.0761. The summed E-state index contributed by atoms with van der Waals surface area (Å²) in [5, 5.41) is 0.393. The Labute approximate surface area is 115 Å². The Kier molecular flexibility index (Phi) is 4.29. The van der Waals surface area contributed by atoms with E-state index in [1.807, 2.05) is 11.8 Å². The highest BCUT2D eigenvalue weighted by molar-refractivity contribution is 8.00. The molecule has 1 heterocycles. The van der Waals surface area contributed by atoms with Gasteiger partial charge in [0, 0.05) is 35.8 Å². The van der Waals surface area contributed by atoms with Gasteiger partial charge in [-0.1, -0.05) is 6.92 Å². The second-order valence-electron chi connectivity index (χ2n) is 4.51. The summed E-state index contributed by atoms with van der Waals surface area (Å²) in [7, 11) is 0. The predicted molar refractivity (Wildman–Crippen MR) is 73.2 cm³/mol. The molecule has 1 atom stereocenters. The molecule has 1 aliphatic heterocycles. The molecule has 1 unspecified atom stereocenters. The van der Waals surface area contributed by atoms with Crippen molar-refractivity contribution in [1.29, 1.82) is 0 Å². The molecule has 19 heavy (non-hydrogen) atoms. The van der Waals surface area contributed by atoms with E-state index in [0.29, 0.717) is 18.3 Å². The standard InChI is InChI=1S/C13H16F2N2OS/c1-2-8-7-17(3-4-19-8)13(18)9-5-10(14)11(15)6-12(9)16/h5-6,8H,2-4,7,16H2,1H3. The van der Waals surface area contributed by atoms with E-state index in [4.69, 9.17) is 5.73 Å². The molecule has 0 aromatic heterocycles. The molecule has 2 rings (SSSR count). The van der Waals surface area contributed by atoms with E-state index in [0.717, 1.165) is 24.3 Å². The second kappa shape index (κ2) is 5.77. The van der Waals surface area contributed by atoms with Gasteiger partial charge in [0.1, 0.15) is 0 Å². The van der Waals surface area contributed by atoms with Crippen molar-refractivity contribution in [3.05, 3.63) is 29.3 Å². The van der Waals surface area contributed by atoms with Crippen LogP contribution >= 0.6 is 11.8 Å². The summed E-state index contributed by atoms with van der Waals surface area (Å²) in [6.07, 6.45) is 0.974. The highest BCUT2D eigenvalue weighted by Crippen LogP contribution is 2.24. The van der Waals surface area contributed by atoms with Gasteiger partial charge in [-0.2, -0.15) is 11.8 Å². The Morgan fingerprint density at radius 1 is 1.47 bits per heavy atom. The van der Waals surface area contributed by atoms with E-state index in [9.17, 15) is 13.6 Å². The molecule has 1 fully saturated rings.